The van der Waals surface area contributed by atoms with Gasteiger partial charge in [-0.3, -0.25) is 9.10 Å². The van der Waals surface area contributed by atoms with Gasteiger partial charge in [-0.2, -0.15) is 0 Å². The van der Waals surface area contributed by atoms with Gasteiger partial charge in [0.2, 0.25) is 10.0 Å². The van der Waals surface area contributed by atoms with Crippen LogP contribution in [0.4, 0.5) is 5.69 Å². The molecule has 122 valence electrons. The second kappa shape index (κ2) is 6.26. The van der Waals surface area contributed by atoms with Gasteiger partial charge in [-0.25, -0.2) is 8.42 Å². The molecule has 1 aliphatic heterocycles. The second-order valence-corrected chi connectivity index (χ2v) is 7.69. The number of rotatable bonds is 4. The molecule has 0 spiro atoms. The Hall–Kier alpha value is -1.60. The summed E-state index contributed by atoms with van der Waals surface area (Å²) in [6.07, 6.45) is 2.74. The maximum absolute atomic E-state index is 12.4. The molecule has 1 unspecified atom stereocenters. The molecule has 0 radical (unpaired) electrons. The van der Waals surface area contributed by atoms with E-state index in [4.69, 9.17) is 5.73 Å². The molecule has 2 rings (SSSR count). The van der Waals surface area contributed by atoms with Crippen LogP contribution >= 0.6 is 0 Å². The van der Waals surface area contributed by atoms with Gasteiger partial charge in [-0.15, -0.1) is 0 Å². The Morgan fingerprint density at radius 1 is 1.45 bits per heavy atom. The Bertz CT molecular complexity index is 673. The number of anilines is 1. The molecule has 1 aromatic rings. The zero-order valence-electron chi connectivity index (χ0n) is 13.2. The molecular formula is C15H23N3O3S. The van der Waals surface area contributed by atoms with Crippen LogP contribution in [0.5, 0.6) is 0 Å². The van der Waals surface area contributed by atoms with Crippen molar-refractivity contribution < 1.29 is 13.2 Å². The predicted octanol–water partition coefficient (Wildman–Crippen LogP) is 0.818. The van der Waals surface area contributed by atoms with Crippen molar-refractivity contribution in [1.82, 2.24) is 4.90 Å². The number of likely N-dealkylation sites (N-methyl/N-ethyl adjacent to an activating group) is 1. The maximum atomic E-state index is 12.4. The highest BCUT2D eigenvalue weighted by Crippen LogP contribution is 2.30. The van der Waals surface area contributed by atoms with Gasteiger partial charge >= 0.3 is 0 Å². The monoisotopic (exact) mass is 325 g/mol. The normalized spacial score (nSPS) is 16.1. The van der Waals surface area contributed by atoms with E-state index in [9.17, 15) is 13.2 Å². The quantitative estimate of drug-likeness (QED) is 0.888. The lowest BCUT2D eigenvalue weighted by molar-refractivity contribution is 0.0748. The van der Waals surface area contributed by atoms with E-state index in [0.717, 1.165) is 18.4 Å². The van der Waals surface area contributed by atoms with Crippen molar-refractivity contribution in [2.45, 2.75) is 25.8 Å². The molecule has 0 aliphatic carbocycles. The topological polar surface area (TPSA) is 83.7 Å². The van der Waals surface area contributed by atoms with E-state index in [-0.39, 0.29) is 11.9 Å². The minimum Gasteiger partial charge on any atom is -0.338 e. The first-order valence-corrected chi connectivity index (χ1v) is 9.18. The zero-order valence-corrected chi connectivity index (χ0v) is 14.1. The number of hydrogen-bond acceptors (Lipinski definition) is 4. The maximum Gasteiger partial charge on any atom is 0.253 e. The Kier molecular flexibility index (Phi) is 4.77. The zero-order chi connectivity index (χ0) is 16.5. The van der Waals surface area contributed by atoms with Crippen molar-refractivity contribution in [3.63, 3.8) is 0 Å². The molecule has 1 amide bonds. The standard InChI is InChI=1S/C15H23N3O3S/c1-11(10-16)17(2)15(19)13-6-7-14-12(9-13)5-4-8-18(14)22(3,20)21/h6-7,9,11H,4-5,8,10,16H2,1-3H3. The van der Waals surface area contributed by atoms with Crippen LogP contribution in [0.2, 0.25) is 0 Å². The number of benzene rings is 1. The molecule has 1 atom stereocenters. The van der Waals surface area contributed by atoms with E-state index in [1.54, 1.807) is 30.1 Å². The first kappa shape index (κ1) is 16.8. The predicted molar refractivity (Wildman–Crippen MR) is 87.6 cm³/mol. The Balaban J connectivity index is 2.34. The Morgan fingerprint density at radius 2 is 2.14 bits per heavy atom. The van der Waals surface area contributed by atoms with E-state index in [1.807, 2.05) is 6.92 Å². The smallest absolute Gasteiger partial charge is 0.253 e. The number of aryl methyl sites for hydroxylation is 1. The summed E-state index contributed by atoms with van der Waals surface area (Å²) in [6.45, 7) is 2.78. The summed E-state index contributed by atoms with van der Waals surface area (Å²) in [5.74, 6) is -0.0998. The number of fused-ring (bicyclic) bond motifs is 1. The van der Waals surface area contributed by atoms with E-state index >= 15 is 0 Å². The third kappa shape index (κ3) is 3.25. The van der Waals surface area contributed by atoms with Gasteiger partial charge < -0.3 is 10.6 Å². The lowest BCUT2D eigenvalue weighted by Gasteiger charge is -2.30. The van der Waals surface area contributed by atoms with Crippen molar-refractivity contribution in [2.24, 2.45) is 5.73 Å². The summed E-state index contributed by atoms with van der Waals surface area (Å²) in [5.41, 5.74) is 7.74. The SMILES string of the molecule is CC(CN)N(C)C(=O)c1ccc2c(c1)CCCN2S(C)(=O)=O. The van der Waals surface area contributed by atoms with Gasteiger partial charge in [0.05, 0.1) is 11.9 Å². The van der Waals surface area contributed by atoms with Crippen LogP contribution in [-0.4, -0.2) is 51.7 Å². The number of carbonyl (C=O) groups is 1. The van der Waals surface area contributed by atoms with Crippen LogP contribution in [0.25, 0.3) is 0 Å². The lowest BCUT2D eigenvalue weighted by atomic mass is 10.00. The Morgan fingerprint density at radius 3 is 2.73 bits per heavy atom. The second-order valence-electron chi connectivity index (χ2n) is 5.78. The van der Waals surface area contributed by atoms with Gasteiger partial charge in [0.1, 0.15) is 0 Å². The molecule has 22 heavy (non-hydrogen) atoms. The van der Waals surface area contributed by atoms with E-state index in [1.165, 1.54) is 10.6 Å². The van der Waals surface area contributed by atoms with Crippen LogP contribution in [0.1, 0.15) is 29.3 Å². The first-order valence-electron chi connectivity index (χ1n) is 7.33. The molecule has 6 nitrogen and oxygen atoms in total. The molecule has 1 heterocycles. The summed E-state index contributed by atoms with van der Waals surface area (Å²) >= 11 is 0. The highest BCUT2D eigenvalue weighted by molar-refractivity contribution is 7.92. The number of hydrogen-bond donors (Lipinski definition) is 1. The summed E-state index contributed by atoms with van der Waals surface area (Å²) in [5, 5.41) is 0. The molecule has 0 saturated heterocycles. The van der Waals surface area contributed by atoms with Crippen molar-refractivity contribution >= 4 is 21.6 Å². The number of nitrogens with two attached hydrogens (primary N) is 1. The van der Waals surface area contributed by atoms with Gasteiger partial charge in [-0.1, -0.05) is 0 Å². The molecule has 0 bridgehead atoms. The number of carbonyl (C=O) groups excluding carboxylic acids is 1. The van der Waals surface area contributed by atoms with Gasteiger partial charge in [-0.05, 0) is 43.5 Å². The summed E-state index contributed by atoms with van der Waals surface area (Å²) < 4.78 is 25.1. The fourth-order valence-corrected chi connectivity index (χ4v) is 3.60. The average molecular weight is 325 g/mol. The van der Waals surface area contributed by atoms with Crippen LogP contribution in [0.3, 0.4) is 0 Å². The first-order chi connectivity index (χ1) is 10.3. The summed E-state index contributed by atoms with van der Waals surface area (Å²) in [7, 11) is -1.56. The molecule has 1 aromatic carbocycles. The van der Waals surface area contributed by atoms with Crippen LogP contribution in [0.15, 0.2) is 18.2 Å². The van der Waals surface area contributed by atoms with Gasteiger partial charge in [0.15, 0.2) is 0 Å². The third-order valence-corrected chi connectivity index (χ3v) is 5.31. The minimum atomic E-state index is -3.28. The fourth-order valence-electron chi connectivity index (χ4n) is 2.60. The lowest BCUT2D eigenvalue weighted by Crippen LogP contribution is -2.40. The van der Waals surface area contributed by atoms with Crippen molar-refractivity contribution in [3.8, 4) is 0 Å². The van der Waals surface area contributed by atoms with Gasteiger partial charge in [0.25, 0.3) is 5.91 Å². The van der Waals surface area contributed by atoms with Crippen LogP contribution < -0.4 is 10.0 Å². The van der Waals surface area contributed by atoms with Crippen molar-refractivity contribution in [1.29, 1.82) is 0 Å². The molecular weight excluding hydrogens is 302 g/mol. The minimum absolute atomic E-state index is 0.0453. The average Bonchev–Trinajstić information content (AvgIpc) is 2.50. The number of nitrogens with zero attached hydrogens (tertiary/aromatic N) is 2. The van der Waals surface area contributed by atoms with E-state index in [2.05, 4.69) is 0 Å². The molecule has 0 aromatic heterocycles. The van der Waals surface area contributed by atoms with E-state index in [0.29, 0.717) is 24.3 Å². The number of amides is 1. The summed E-state index contributed by atoms with van der Waals surface area (Å²) in [6, 6.07) is 5.17. The Labute approximate surface area is 131 Å². The molecule has 1 aliphatic rings. The fraction of sp³-hybridized carbons (Fsp3) is 0.533. The highest BCUT2D eigenvalue weighted by atomic mass is 32.2. The number of sulfonamides is 1. The summed E-state index contributed by atoms with van der Waals surface area (Å²) in [4.78, 5) is 14.1. The van der Waals surface area contributed by atoms with Crippen molar-refractivity contribution in [3.05, 3.63) is 29.3 Å². The van der Waals surface area contributed by atoms with Gasteiger partial charge in [0, 0.05) is 31.7 Å². The largest absolute Gasteiger partial charge is 0.338 e. The van der Waals surface area contributed by atoms with Crippen LogP contribution in [0, 0.1) is 0 Å². The van der Waals surface area contributed by atoms with E-state index < -0.39 is 10.0 Å². The van der Waals surface area contributed by atoms with Crippen LogP contribution in [-0.2, 0) is 16.4 Å². The highest BCUT2D eigenvalue weighted by Gasteiger charge is 2.25. The molecule has 0 saturated carbocycles. The molecule has 7 heteroatoms. The van der Waals surface area contributed by atoms with Crippen molar-refractivity contribution in [2.75, 3.05) is 30.7 Å². The molecule has 2 N–H and O–H groups in total. The molecule has 0 fully saturated rings. The third-order valence-electron chi connectivity index (χ3n) is 4.13.